The molecule has 3 heteroatoms. The molecule has 1 rings (SSSR count). The molecule has 0 bridgehead atoms. The monoisotopic (exact) mass is 251 g/mol. The van der Waals surface area contributed by atoms with Crippen LogP contribution in [0.4, 0.5) is 0 Å². The number of hydrogen-bond acceptors (Lipinski definition) is 3. The maximum absolute atomic E-state index is 8.60. The summed E-state index contributed by atoms with van der Waals surface area (Å²) in [5, 5.41) is 11.8. The Morgan fingerprint density at radius 2 is 2.06 bits per heavy atom. The zero-order chi connectivity index (χ0) is 13.2. The Hall–Kier alpha value is -1.06. The molecule has 0 aromatic heterocycles. The Kier molecular flexibility index (Phi) is 7.46. The quantitative estimate of drug-likeness (QED) is 0.663. The lowest BCUT2D eigenvalue weighted by atomic mass is 10.0. The third-order valence-electron chi connectivity index (χ3n) is 2.83. The number of unbranched alkanes of at least 4 members (excludes halogenated alkanes) is 1. The van der Waals surface area contributed by atoms with Crippen molar-refractivity contribution in [3.05, 3.63) is 29.8 Å². The Bertz CT molecular complexity index is 326. The van der Waals surface area contributed by atoms with E-state index in [9.17, 15) is 0 Å². The van der Waals surface area contributed by atoms with Crippen molar-refractivity contribution in [1.82, 2.24) is 5.32 Å². The van der Waals surface area contributed by atoms with Crippen LogP contribution in [0.3, 0.4) is 0 Å². The zero-order valence-electron chi connectivity index (χ0n) is 11.5. The molecule has 0 saturated carbocycles. The predicted octanol–water partition coefficient (Wildman–Crippen LogP) is 2.55. The van der Waals surface area contributed by atoms with Crippen LogP contribution in [0.2, 0.25) is 0 Å². The van der Waals surface area contributed by atoms with E-state index in [2.05, 4.69) is 31.3 Å². The summed E-state index contributed by atoms with van der Waals surface area (Å²) in [7, 11) is 0. The first-order valence-electron chi connectivity index (χ1n) is 6.78. The molecule has 0 fully saturated rings. The minimum Gasteiger partial charge on any atom is -0.494 e. The van der Waals surface area contributed by atoms with E-state index >= 15 is 0 Å². The summed E-state index contributed by atoms with van der Waals surface area (Å²) in [6.45, 7) is 6.95. The third-order valence-corrected chi connectivity index (χ3v) is 2.83. The number of hydrogen-bond donors (Lipinski definition) is 2. The van der Waals surface area contributed by atoms with Crippen molar-refractivity contribution >= 4 is 0 Å². The van der Waals surface area contributed by atoms with Crippen molar-refractivity contribution in [2.24, 2.45) is 0 Å². The predicted molar refractivity (Wildman–Crippen MR) is 75.2 cm³/mol. The van der Waals surface area contributed by atoms with Gasteiger partial charge in [-0.25, -0.2) is 0 Å². The highest BCUT2D eigenvalue weighted by molar-refractivity contribution is 5.30. The summed E-state index contributed by atoms with van der Waals surface area (Å²) in [4.78, 5) is 0. The maximum Gasteiger partial charge on any atom is 0.119 e. The zero-order valence-corrected chi connectivity index (χ0v) is 11.5. The number of benzene rings is 1. The Labute approximate surface area is 110 Å². The second-order valence-corrected chi connectivity index (χ2v) is 4.76. The van der Waals surface area contributed by atoms with Gasteiger partial charge in [-0.15, -0.1) is 0 Å². The molecule has 0 aliphatic heterocycles. The summed E-state index contributed by atoms with van der Waals surface area (Å²) >= 11 is 0. The van der Waals surface area contributed by atoms with Gasteiger partial charge in [0.2, 0.25) is 0 Å². The van der Waals surface area contributed by atoms with E-state index in [4.69, 9.17) is 9.84 Å². The molecular formula is C15H25NO2. The highest BCUT2D eigenvalue weighted by atomic mass is 16.5. The second-order valence-electron chi connectivity index (χ2n) is 4.76. The fourth-order valence-electron chi connectivity index (χ4n) is 1.71. The molecule has 3 nitrogen and oxygen atoms in total. The number of aliphatic hydroxyl groups is 1. The van der Waals surface area contributed by atoms with E-state index < -0.39 is 0 Å². The van der Waals surface area contributed by atoms with Gasteiger partial charge in [0, 0.05) is 6.54 Å². The lowest BCUT2D eigenvalue weighted by Gasteiger charge is -2.10. The van der Waals surface area contributed by atoms with Crippen LogP contribution in [-0.4, -0.2) is 31.4 Å². The van der Waals surface area contributed by atoms with Gasteiger partial charge in [-0.3, -0.25) is 0 Å². The van der Waals surface area contributed by atoms with Crippen molar-refractivity contribution in [3.63, 3.8) is 0 Å². The van der Waals surface area contributed by atoms with Crippen molar-refractivity contribution < 1.29 is 9.84 Å². The molecule has 102 valence electrons. The number of aliphatic hydroxyl groups excluding tert-OH is 1. The summed E-state index contributed by atoms with van der Waals surface area (Å²) in [5.74, 6) is 1.50. The fourth-order valence-corrected chi connectivity index (χ4v) is 1.71. The van der Waals surface area contributed by atoms with Crippen molar-refractivity contribution in [3.8, 4) is 5.75 Å². The highest BCUT2D eigenvalue weighted by Crippen LogP contribution is 2.20. The molecule has 0 amide bonds. The Balaban J connectivity index is 2.17. The largest absolute Gasteiger partial charge is 0.494 e. The molecule has 18 heavy (non-hydrogen) atoms. The van der Waals surface area contributed by atoms with Gasteiger partial charge in [-0.2, -0.15) is 0 Å². The third kappa shape index (κ3) is 6.03. The van der Waals surface area contributed by atoms with E-state index in [0.29, 0.717) is 12.5 Å². The van der Waals surface area contributed by atoms with Gasteiger partial charge < -0.3 is 15.2 Å². The number of nitrogens with one attached hydrogen (secondary N) is 1. The molecular weight excluding hydrogens is 226 g/mol. The Morgan fingerprint density at radius 1 is 1.22 bits per heavy atom. The lowest BCUT2D eigenvalue weighted by Crippen LogP contribution is -2.19. The lowest BCUT2D eigenvalue weighted by molar-refractivity contribution is 0.286. The normalized spacial score (nSPS) is 10.9. The first-order chi connectivity index (χ1) is 8.74. The summed E-state index contributed by atoms with van der Waals surface area (Å²) in [5.41, 5.74) is 1.32. The fraction of sp³-hybridized carbons (Fsp3) is 0.600. The average Bonchev–Trinajstić information content (AvgIpc) is 2.38. The van der Waals surface area contributed by atoms with Crippen LogP contribution in [0.5, 0.6) is 5.75 Å². The molecule has 0 atom stereocenters. The molecule has 1 aromatic carbocycles. The van der Waals surface area contributed by atoms with E-state index in [1.165, 1.54) is 5.56 Å². The summed E-state index contributed by atoms with van der Waals surface area (Å²) < 4.78 is 5.73. The van der Waals surface area contributed by atoms with Crippen LogP contribution in [0.25, 0.3) is 0 Å². The SMILES string of the molecule is CC(C)c1cccc(OCCCCNCCO)c1. The average molecular weight is 251 g/mol. The van der Waals surface area contributed by atoms with Crippen LogP contribution in [0.1, 0.15) is 38.2 Å². The Morgan fingerprint density at radius 3 is 2.78 bits per heavy atom. The van der Waals surface area contributed by atoms with Crippen LogP contribution in [-0.2, 0) is 0 Å². The van der Waals surface area contributed by atoms with Gasteiger partial charge in [0.1, 0.15) is 5.75 Å². The summed E-state index contributed by atoms with van der Waals surface area (Å²) in [6.07, 6.45) is 2.11. The van der Waals surface area contributed by atoms with Gasteiger partial charge in [-0.1, -0.05) is 26.0 Å². The molecule has 1 aromatic rings. The van der Waals surface area contributed by atoms with Crippen molar-refractivity contribution in [2.45, 2.75) is 32.6 Å². The second kappa shape index (κ2) is 8.95. The molecule has 0 unspecified atom stereocenters. The van der Waals surface area contributed by atoms with Crippen LogP contribution in [0, 0.1) is 0 Å². The summed E-state index contributed by atoms with van der Waals surface area (Å²) in [6, 6.07) is 8.31. The molecule has 0 aliphatic carbocycles. The van der Waals surface area contributed by atoms with Gasteiger partial charge in [0.15, 0.2) is 0 Å². The van der Waals surface area contributed by atoms with Crippen molar-refractivity contribution in [2.75, 3.05) is 26.3 Å². The topological polar surface area (TPSA) is 41.5 Å². The molecule has 0 spiro atoms. The molecule has 2 N–H and O–H groups in total. The van der Waals surface area contributed by atoms with Crippen LogP contribution < -0.4 is 10.1 Å². The van der Waals surface area contributed by atoms with Crippen molar-refractivity contribution in [1.29, 1.82) is 0 Å². The maximum atomic E-state index is 8.60. The molecule has 0 radical (unpaired) electrons. The van der Waals surface area contributed by atoms with Gasteiger partial charge in [0.05, 0.1) is 13.2 Å². The molecule has 0 aliphatic rings. The van der Waals surface area contributed by atoms with E-state index in [0.717, 1.165) is 31.7 Å². The highest BCUT2D eigenvalue weighted by Gasteiger charge is 2.00. The van der Waals surface area contributed by atoms with E-state index in [-0.39, 0.29) is 6.61 Å². The van der Waals surface area contributed by atoms with E-state index in [1.807, 2.05) is 12.1 Å². The number of rotatable bonds is 9. The van der Waals surface area contributed by atoms with Gasteiger partial charge in [-0.05, 0) is 43.0 Å². The minimum absolute atomic E-state index is 0.207. The van der Waals surface area contributed by atoms with Gasteiger partial charge >= 0.3 is 0 Å². The first-order valence-corrected chi connectivity index (χ1v) is 6.78. The molecule has 0 heterocycles. The van der Waals surface area contributed by atoms with E-state index in [1.54, 1.807) is 0 Å². The molecule has 0 saturated heterocycles. The van der Waals surface area contributed by atoms with Gasteiger partial charge in [0.25, 0.3) is 0 Å². The van der Waals surface area contributed by atoms with Crippen LogP contribution >= 0.6 is 0 Å². The van der Waals surface area contributed by atoms with Crippen LogP contribution in [0.15, 0.2) is 24.3 Å². The smallest absolute Gasteiger partial charge is 0.119 e. The standard InChI is InChI=1S/C15H25NO2/c1-13(2)14-6-5-7-15(12-14)18-11-4-3-8-16-9-10-17/h5-7,12-13,16-17H,3-4,8-11H2,1-2H3. The number of ether oxygens (including phenoxy) is 1. The minimum atomic E-state index is 0.207. The first kappa shape index (κ1) is 15.0.